The SMILES string of the molecule is CO[C@H]1CCNC[C@@H]1Oc1cc(-c2cnn(C)c2)cc2ncnc(Nc3ccc4ncsc4c3)c12. The van der Waals surface area contributed by atoms with Gasteiger partial charge in [0.05, 0.1) is 38.9 Å². The van der Waals surface area contributed by atoms with Crippen LogP contribution in [-0.2, 0) is 11.8 Å². The average Bonchev–Trinajstić information content (AvgIpc) is 3.53. The van der Waals surface area contributed by atoms with Gasteiger partial charge in [0, 0.05) is 38.1 Å². The van der Waals surface area contributed by atoms with Crippen molar-refractivity contribution in [2.75, 3.05) is 25.5 Å². The van der Waals surface area contributed by atoms with Crippen LogP contribution in [0.4, 0.5) is 11.5 Å². The van der Waals surface area contributed by atoms with Gasteiger partial charge in [0.1, 0.15) is 24.0 Å². The van der Waals surface area contributed by atoms with Crippen LogP contribution in [0.15, 0.2) is 54.6 Å². The molecular formula is C25H25N7O2S. The molecule has 0 aliphatic carbocycles. The molecule has 10 heteroatoms. The zero-order chi connectivity index (χ0) is 23.8. The first-order chi connectivity index (χ1) is 17.2. The predicted octanol–water partition coefficient (Wildman–Crippen LogP) is 4.14. The van der Waals surface area contributed by atoms with Crippen molar-refractivity contribution in [2.24, 2.45) is 7.05 Å². The number of nitrogens with zero attached hydrogens (tertiary/aromatic N) is 5. The summed E-state index contributed by atoms with van der Waals surface area (Å²) in [6.07, 6.45) is 6.15. The first kappa shape index (κ1) is 21.9. The van der Waals surface area contributed by atoms with Crippen LogP contribution in [-0.4, -0.2) is 57.1 Å². The van der Waals surface area contributed by atoms with Crippen molar-refractivity contribution < 1.29 is 9.47 Å². The van der Waals surface area contributed by atoms with Crippen molar-refractivity contribution in [3.05, 3.63) is 54.6 Å². The van der Waals surface area contributed by atoms with E-state index in [9.17, 15) is 0 Å². The number of piperidine rings is 1. The molecule has 2 aromatic carbocycles. The van der Waals surface area contributed by atoms with Crippen molar-refractivity contribution in [3.63, 3.8) is 0 Å². The van der Waals surface area contributed by atoms with E-state index < -0.39 is 0 Å². The highest BCUT2D eigenvalue weighted by Gasteiger charge is 2.28. The number of aryl methyl sites for hydroxylation is 1. The average molecular weight is 488 g/mol. The van der Waals surface area contributed by atoms with E-state index in [1.807, 2.05) is 49.2 Å². The lowest BCUT2D eigenvalue weighted by atomic mass is 10.0. The van der Waals surface area contributed by atoms with Gasteiger partial charge in [0.25, 0.3) is 0 Å². The fourth-order valence-corrected chi connectivity index (χ4v) is 5.22. The van der Waals surface area contributed by atoms with E-state index in [2.05, 4.69) is 36.8 Å². The molecule has 0 unspecified atom stereocenters. The van der Waals surface area contributed by atoms with Crippen molar-refractivity contribution in [2.45, 2.75) is 18.6 Å². The van der Waals surface area contributed by atoms with E-state index >= 15 is 0 Å². The molecule has 178 valence electrons. The molecule has 0 spiro atoms. The largest absolute Gasteiger partial charge is 0.486 e. The first-order valence-electron chi connectivity index (χ1n) is 11.5. The minimum absolute atomic E-state index is 0.00289. The summed E-state index contributed by atoms with van der Waals surface area (Å²) >= 11 is 1.61. The lowest BCUT2D eigenvalue weighted by Gasteiger charge is -2.32. The molecule has 0 bridgehead atoms. The third-order valence-electron chi connectivity index (χ3n) is 6.28. The Morgan fingerprint density at radius 2 is 2.03 bits per heavy atom. The third-order valence-corrected chi connectivity index (χ3v) is 7.07. The van der Waals surface area contributed by atoms with Gasteiger partial charge in [0.15, 0.2) is 0 Å². The van der Waals surface area contributed by atoms with Crippen LogP contribution >= 0.6 is 11.3 Å². The number of benzene rings is 2. The van der Waals surface area contributed by atoms with Crippen LogP contribution in [0.3, 0.4) is 0 Å². The molecular weight excluding hydrogens is 462 g/mol. The van der Waals surface area contributed by atoms with Gasteiger partial charge in [0.2, 0.25) is 0 Å². The molecule has 4 heterocycles. The Hall–Kier alpha value is -3.60. The lowest BCUT2D eigenvalue weighted by molar-refractivity contribution is -0.0146. The van der Waals surface area contributed by atoms with Gasteiger partial charge in [-0.05, 0) is 48.9 Å². The summed E-state index contributed by atoms with van der Waals surface area (Å²) in [6.45, 7) is 1.61. The van der Waals surface area contributed by atoms with Gasteiger partial charge in [-0.15, -0.1) is 11.3 Å². The second kappa shape index (κ2) is 9.21. The zero-order valence-corrected chi connectivity index (χ0v) is 20.2. The van der Waals surface area contributed by atoms with Crippen LogP contribution in [0.2, 0.25) is 0 Å². The van der Waals surface area contributed by atoms with E-state index in [4.69, 9.17) is 9.47 Å². The quantitative estimate of drug-likeness (QED) is 0.369. The highest BCUT2D eigenvalue weighted by molar-refractivity contribution is 7.16. The third kappa shape index (κ3) is 4.31. The van der Waals surface area contributed by atoms with Crippen molar-refractivity contribution >= 4 is 44.0 Å². The summed E-state index contributed by atoms with van der Waals surface area (Å²) in [5.74, 6) is 1.39. The molecule has 2 atom stereocenters. The van der Waals surface area contributed by atoms with Crippen molar-refractivity contribution in [3.8, 4) is 16.9 Å². The molecule has 6 rings (SSSR count). The zero-order valence-electron chi connectivity index (χ0n) is 19.4. The Labute approximate surface area is 206 Å². The monoisotopic (exact) mass is 487 g/mol. The summed E-state index contributed by atoms with van der Waals surface area (Å²) in [5.41, 5.74) is 6.52. The summed E-state index contributed by atoms with van der Waals surface area (Å²) in [7, 11) is 3.64. The van der Waals surface area contributed by atoms with Gasteiger partial charge in [-0.1, -0.05) is 0 Å². The lowest BCUT2D eigenvalue weighted by Crippen LogP contribution is -2.48. The maximum absolute atomic E-state index is 6.63. The molecule has 3 aromatic heterocycles. The minimum atomic E-state index is -0.136. The van der Waals surface area contributed by atoms with E-state index in [1.165, 1.54) is 0 Å². The predicted molar refractivity (Wildman–Crippen MR) is 137 cm³/mol. The molecule has 1 aliphatic rings. The molecule has 9 nitrogen and oxygen atoms in total. The highest BCUT2D eigenvalue weighted by Crippen LogP contribution is 2.37. The fraction of sp³-hybridized carbons (Fsp3) is 0.280. The number of thiazole rings is 1. The Morgan fingerprint density at radius 1 is 1.09 bits per heavy atom. The normalized spacial score (nSPS) is 18.2. The van der Waals surface area contributed by atoms with Gasteiger partial charge < -0.3 is 20.1 Å². The van der Waals surface area contributed by atoms with Crippen LogP contribution in [0, 0.1) is 0 Å². The number of hydrogen-bond acceptors (Lipinski definition) is 9. The number of rotatable bonds is 6. The second-order valence-electron chi connectivity index (χ2n) is 8.58. The van der Waals surface area contributed by atoms with E-state index in [0.29, 0.717) is 18.1 Å². The molecule has 0 saturated carbocycles. The molecule has 0 radical (unpaired) electrons. The number of methoxy groups -OCH3 is 1. The number of ether oxygens (including phenoxy) is 2. The Balaban J connectivity index is 1.46. The minimum Gasteiger partial charge on any atom is -0.486 e. The summed E-state index contributed by atoms with van der Waals surface area (Å²) in [5, 5.41) is 12.1. The van der Waals surface area contributed by atoms with E-state index in [-0.39, 0.29) is 12.2 Å². The Bertz CT molecular complexity index is 1500. The van der Waals surface area contributed by atoms with Crippen LogP contribution < -0.4 is 15.4 Å². The topological polar surface area (TPSA) is 99.0 Å². The number of nitrogens with one attached hydrogen (secondary N) is 2. The molecule has 5 aromatic rings. The Morgan fingerprint density at radius 3 is 2.89 bits per heavy atom. The maximum atomic E-state index is 6.63. The van der Waals surface area contributed by atoms with Gasteiger partial charge >= 0.3 is 0 Å². The van der Waals surface area contributed by atoms with Gasteiger partial charge in [-0.25, -0.2) is 15.0 Å². The Kier molecular flexibility index (Phi) is 5.77. The number of anilines is 2. The molecule has 1 saturated heterocycles. The molecule has 35 heavy (non-hydrogen) atoms. The molecule has 2 N–H and O–H groups in total. The standard InChI is InChI=1S/C25H25N7O2S/c1-32-12-16(10-30-32)15-7-19-24(21(8-15)34-22-11-26-6-5-20(22)33-2)25(28-13-27-19)31-17-3-4-18-23(9-17)35-14-29-18/h3-4,7-10,12-14,20,22,26H,5-6,11H2,1-2H3,(H,27,28,31)/t20-,22-/m0/s1. The fourth-order valence-electron chi connectivity index (χ4n) is 4.50. The van der Waals surface area contributed by atoms with Crippen molar-refractivity contribution in [1.29, 1.82) is 0 Å². The van der Waals surface area contributed by atoms with E-state index in [0.717, 1.165) is 50.9 Å². The molecule has 0 amide bonds. The second-order valence-corrected chi connectivity index (χ2v) is 9.46. The van der Waals surface area contributed by atoms with Gasteiger partial charge in [-0.3, -0.25) is 4.68 Å². The van der Waals surface area contributed by atoms with Crippen LogP contribution in [0.25, 0.3) is 32.2 Å². The van der Waals surface area contributed by atoms with Crippen LogP contribution in [0.5, 0.6) is 5.75 Å². The molecule has 1 fully saturated rings. The first-order valence-corrected chi connectivity index (χ1v) is 12.3. The van der Waals surface area contributed by atoms with E-state index in [1.54, 1.807) is 29.5 Å². The highest BCUT2D eigenvalue weighted by atomic mass is 32.1. The summed E-state index contributed by atoms with van der Waals surface area (Å²) in [6, 6.07) is 10.2. The summed E-state index contributed by atoms with van der Waals surface area (Å²) in [4.78, 5) is 13.6. The molecule has 1 aliphatic heterocycles. The smallest absolute Gasteiger partial charge is 0.145 e. The van der Waals surface area contributed by atoms with Crippen LogP contribution in [0.1, 0.15) is 6.42 Å². The number of hydrogen-bond donors (Lipinski definition) is 2. The number of fused-ring (bicyclic) bond motifs is 2. The number of aromatic nitrogens is 5. The van der Waals surface area contributed by atoms with Gasteiger partial charge in [-0.2, -0.15) is 5.10 Å². The summed E-state index contributed by atoms with van der Waals surface area (Å²) < 4.78 is 15.3. The maximum Gasteiger partial charge on any atom is 0.145 e. The van der Waals surface area contributed by atoms with Crippen molar-refractivity contribution in [1.82, 2.24) is 30.0 Å².